The summed E-state index contributed by atoms with van der Waals surface area (Å²) in [7, 11) is 0. The maximum absolute atomic E-state index is 12.5. The molecule has 0 N–H and O–H groups in total. The van der Waals surface area contributed by atoms with Crippen LogP contribution in [-0.2, 0) is 23.8 Å². The van der Waals surface area contributed by atoms with E-state index in [1.165, 1.54) is 64.2 Å². The van der Waals surface area contributed by atoms with Crippen LogP contribution in [0.3, 0.4) is 0 Å². The molecule has 0 aromatic rings. The minimum atomic E-state index is -0.557. The Labute approximate surface area is 308 Å². The Kier molecular flexibility index (Phi) is 38.6. The molecule has 5 heteroatoms. The second-order valence-electron chi connectivity index (χ2n) is 13.2. The highest BCUT2D eigenvalue weighted by molar-refractivity contribution is 5.70. The third-order valence-corrected chi connectivity index (χ3v) is 8.23. The Morgan fingerprint density at radius 3 is 1.58 bits per heavy atom. The van der Waals surface area contributed by atoms with Gasteiger partial charge in [-0.25, -0.2) is 0 Å². The van der Waals surface area contributed by atoms with Crippen LogP contribution in [0.25, 0.3) is 0 Å². The molecule has 0 aliphatic carbocycles. The fourth-order valence-electron chi connectivity index (χ4n) is 5.17. The van der Waals surface area contributed by atoms with E-state index in [0.717, 1.165) is 77.0 Å². The number of rotatable bonds is 36. The molecule has 0 aliphatic rings. The average Bonchev–Trinajstić information content (AvgIpc) is 3.11. The van der Waals surface area contributed by atoms with Gasteiger partial charge in [0.15, 0.2) is 6.10 Å². The summed E-state index contributed by atoms with van der Waals surface area (Å²) in [5.74, 6) is -0.487. The molecule has 286 valence electrons. The average molecular weight is 697 g/mol. The summed E-state index contributed by atoms with van der Waals surface area (Å²) < 4.78 is 17.1. The van der Waals surface area contributed by atoms with Gasteiger partial charge < -0.3 is 14.2 Å². The monoisotopic (exact) mass is 697 g/mol. The smallest absolute Gasteiger partial charge is 0.306 e. The van der Waals surface area contributed by atoms with Crippen molar-refractivity contribution in [3.8, 4) is 0 Å². The molecule has 0 aliphatic heterocycles. The molecule has 0 saturated carbocycles. The van der Waals surface area contributed by atoms with Crippen molar-refractivity contribution in [3.05, 3.63) is 72.9 Å². The minimum Gasteiger partial charge on any atom is -0.462 e. The van der Waals surface area contributed by atoms with Gasteiger partial charge in [-0.15, -0.1) is 0 Å². The van der Waals surface area contributed by atoms with E-state index in [1.807, 2.05) is 0 Å². The topological polar surface area (TPSA) is 61.8 Å². The summed E-state index contributed by atoms with van der Waals surface area (Å²) in [4.78, 5) is 24.9. The van der Waals surface area contributed by atoms with Crippen LogP contribution in [0.4, 0.5) is 0 Å². The molecule has 0 saturated heterocycles. The van der Waals surface area contributed by atoms with Crippen LogP contribution >= 0.6 is 0 Å². The predicted molar refractivity (Wildman–Crippen MR) is 214 cm³/mol. The van der Waals surface area contributed by atoms with Crippen molar-refractivity contribution in [1.82, 2.24) is 0 Å². The van der Waals surface area contributed by atoms with Crippen molar-refractivity contribution in [2.75, 3.05) is 19.8 Å². The molecular weight excluding hydrogens is 620 g/mol. The number of esters is 2. The van der Waals surface area contributed by atoms with Gasteiger partial charge in [-0.2, -0.15) is 0 Å². The molecule has 0 amide bonds. The quantitative estimate of drug-likeness (QED) is 0.0371. The van der Waals surface area contributed by atoms with E-state index in [9.17, 15) is 9.59 Å². The van der Waals surface area contributed by atoms with Crippen LogP contribution in [-0.4, -0.2) is 37.9 Å². The van der Waals surface area contributed by atoms with E-state index in [2.05, 4.69) is 93.7 Å². The molecule has 1 atom stereocenters. The van der Waals surface area contributed by atoms with Gasteiger partial charge in [0.05, 0.1) is 6.61 Å². The fourth-order valence-corrected chi connectivity index (χ4v) is 5.17. The van der Waals surface area contributed by atoms with Crippen molar-refractivity contribution in [1.29, 1.82) is 0 Å². The van der Waals surface area contributed by atoms with E-state index in [1.54, 1.807) is 0 Å². The zero-order valence-electron chi connectivity index (χ0n) is 32.6. The van der Waals surface area contributed by atoms with Crippen molar-refractivity contribution < 1.29 is 23.8 Å². The normalized spacial score (nSPS) is 12.9. The van der Waals surface area contributed by atoms with Crippen LogP contribution < -0.4 is 0 Å². The lowest BCUT2D eigenvalue weighted by Gasteiger charge is -2.18. The molecule has 5 nitrogen and oxygen atoms in total. The first-order valence-electron chi connectivity index (χ1n) is 20.5. The molecule has 0 rings (SSSR count). The molecule has 0 aromatic carbocycles. The van der Waals surface area contributed by atoms with Crippen molar-refractivity contribution in [3.63, 3.8) is 0 Å². The van der Waals surface area contributed by atoms with E-state index in [-0.39, 0.29) is 25.2 Å². The summed E-state index contributed by atoms with van der Waals surface area (Å²) in [6.07, 6.45) is 50.7. The number of hydrogen-bond donors (Lipinski definition) is 0. The van der Waals surface area contributed by atoms with Gasteiger partial charge in [-0.05, 0) is 77.0 Å². The summed E-state index contributed by atoms with van der Waals surface area (Å²) in [6.45, 7) is 7.51. The van der Waals surface area contributed by atoms with Crippen molar-refractivity contribution >= 4 is 11.9 Å². The van der Waals surface area contributed by atoms with Gasteiger partial charge in [0, 0.05) is 19.4 Å². The largest absolute Gasteiger partial charge is 0.462 e. The zero-order valence-corrected chi connectivity index (χ0v) is 32.6. The van der Waals surface area contributed by atoms with Crippen LogP contribution in [0, 0.1) is 0 Å². The van der Waals surface area contributed by atoms with Crippen molar-refractivity contribution in [2.45, 2.75) is 181 Å². The number of unbranched alkanes of at least 4 members (excludes halogenated alkanes) is 13. The van der Waals surface area contributed by atoms with E-state index in [4.69, 9.17) is 14.2 Å². The van der Waals surface area contributed by atoms with Gasteiger partial charge in [0.2, 0.25) is 0 Å². The molecular formula is C45H76O5. The Hall–Kier alpha value is -2.66. The first-order chi connectivity index (χ1) is 24.6. The first-order valence-corrected chi connectivity index (χ1v) is 20.5. The molecule has 0 aromatic heterocycles. The molecule has 0 radical (unpaired) electrons. The lowest BCUT2D eigenvalue weighted by Crippen LogP contribution is -2.30. The highest BCUT2D eigenvalue weighted by Gasteiger charge is 2.17. The second-order valence-corrected chi connectivity index (χ2v) is 13.2. The molecule has 0 fully saturated rings. The summed E-state index contributed by atoms with van der Waals surface area (Å²) >= 11 is 0. The molecule has 50 heavy (non-hydrogen) atoms. The number of carbonyl (C=O) groups is 2. The lowest BCUT2D eigenvalue weighted by molar-refractivity contribution is -0.163. The van der Waals surface area contributed by atoms with E-state index < -0.39 is 6.10 Å². The molecule has 0 heterocycles. The second kappa shape index (κ2) is 40.8. The number of carbonyl (C=O) groups excluding carboxylic acids is 2. The van der Waals surface area contributed by atoms with Gasteiger partial charge in [-0.3, -0.25) is 9.59 Å². The Bertz CT molecular complexity index is 926. The zero-order chi connectivity index (χ0) is 36.4. The van der Waals surface area contributed by atoms with Gasteiger partial charge in [-0.1, -0.05) is 158 Å². The Morgan fingerprint density at radius 1 is 0.460 bits per heavy atom. The van der Waals surface area contributed by atoms with Crippen molar-refractivity contribution in [2.24, 2.45) is 0 Å². The SMILES string of the molecule is CC/C=C\C/C=C\C/C=C\C/C=C\C/C=C\CCCC(=O)OCC(COCCCCCCCC/C=C\CCCC)OC(=O)CCCCCCC. The number of ether oxygens (including phenoxy) is 3. The number of allylic oxidation sites excluding steroid dienone is 12. The maximum atomic E-state index is 12.5. The minimum absolute atomic E-state index is 0.0506. The maximum Gasteiger partial charge on any atom is 0.306 e. The van der Waals surface area contributed by atoms with E-state index >= 15 is 0 Å². The highest BCUT2D eigenvalue weighted by atomic mass is 16.6. The Morgan fingerprint density at radius 2 is 0.940 bits per heavy atom. The first kappa shape index (κ1) is 47.3. The van der Waals surface area contributed by atoms with Crippen LogP contribution in [0.5, 0.6) is 0 Å². The standard InChI is InChI=1S/C45H76O5/c1-4-7-10-13-15-17-19-21-22-23-24-25-26-28-30-33-35-38-44(46)49-42-43(50-45(47)39-36-32-12-9-6-3)41-48-40-37-34-31-29-27-20-18-16-14-11-8-5-2/h7,10,14-17,21-22,24-25,28,30,43H,4-6,8-9,11-13,18-20,23,26-27,29,31-42H2,1-3H3/b10-7-,16-14-,17-15-,22-21-,25-24-,30-28-. The van der Waals surface area contributed by atoms with Crippen LogP contribution in [0.2, 0.25) is 0 Å². The highest BCUT2D eigenvalue weighted by Crippen LogP contribution is 2.11. The summed E-state index contributed by atoms with van der Waals surface area (Å²) in [5.41, 5.74) is 0. The van der Waals surface area contributed by atoms with E-state index in [0.29, 0.717) is 19.4 Å². The van der Waals surface area contributed by atoms with Gasteiger partial charge in [0.25, 0.3) is 0 Å². The summed E-state index contributed by atoms with van der Waals surface area (Å²) in [5, 5.41) is 0. The molecule has 1 unspecified atom stereocenters. The lowest BCUT2D eigenvalue weighted by atomic mass is 10.1. The predicted octanol–water partition coefficient (Wildman–Crippen LogP) is 13.2. The van der Waals surface area contributed by atoms with Gasteiger partial charge >= 0.3 is 11.9 Å². The number of hydrogen-bond acceptors (Lipinski definition) is 5. The fraction of sp³-hybridized carbons (Fsp3) is 0.689. The third-order valence-electron chi connectivity index (χ3n) is 8.23. The Balaban J connectivity index is 4.22. The van der Waals surface area contributed by atoms with Crippen LogP contribution in [0.1, 0.15) is 175 Å². The summed E-state index contributed by atoms with van der Waals surface area (Å²) in [6, 6.07) is 0. The van der Waals surface area contributed by atoms with Crippen LogP contribution in [0.15, 0.2) is 72.9 Å². The molecule has 0 spiro atoms. The molecule has 0 bridgehead atoms. The third kappa shape index (κ3) is 38.1. The van der Waals surface area contributed by atoms with Gasteiger partial charge in [0.1, 0.15) is 6.61 Å².